The highest BCUT2D eigenvalue weighted by Gasteiger charge is 2.20. The highest BCUT2D eigenvalue weighted by molar-refractivity contribution is 7.89. The third-order valence-electron chi connectivity index (χ3n) is 3.90. The fourth-order valence-corrected chi connectivity index (χ4v) is 3.43. The van der Waals surface area contributed by atoms with Crippen molar-refractivity contribution in [3.8, 4) is 0 Å². The van der Waals surface area contributed by atoms with Crippen LogP contribution in [0, 0.1) is 0 Å². The first-order valence-corrected chi connectivity index (χ1v) is 8.57. The zero-order valence-electron chi connectivity index (χ0n) is 11.9. The second-order valence-corrected chi connectivity index (χ2v) is 7.02. The number of anilines is 1. The van der Waals surface area contributed by atoms with Gasteiger partial charge < -0.3 is 10.6 Å². The molecule has 0 radical (unpaired) electrons. The Kier molecular flexibility index (Phi) is 5.01. The number of sulfonamides is 1. The first kappa shape index (κ1) is 15.3. The summed E-state index contributed by atoms with van der Waals surface area (Å²) >= 11 is 0. The lowest BCUT2D eigenvalue weighted by molar-refractivity contribution is 0.579. The molecule has 0 aromatic heterocycles. The number of hydrogen-bond donors (Lipinski definition) is 2. The molecule has 1 heterocycles. The Morgan fingerprint density at radius 2 is 1.95 bits per heavy atom. The minimum absolute atomic E-state index is 0.294. The zero-order chi connectivity index (χ0) is 14.6. The molecular formula is C14H23N3O2S. The van der Waals surface area contributed by atoms with Crippen molar-refractivity contribution in [1.82, 2.24) is 4.72 Å². The van der Waals surface area contributed by atoms with Crippen LogP contribution in [0.2, 0.25) is 0 Å². The predicted molar refractivity (Wildman–Crippen MR) is 81.3 cm³/mol. The van der Waals surface area contributed by atoms with Crippen LogP contribution in [0.4, 0.5) is 5.69 Å². The van der Waals surface area contributed by atoms with E-state index in [4.69, 9.17) is 5.73 Å². The third-order valence-corrected chi connectivity index (χ3v) is 5.33. The van der Waals surface area contributed by atoms with Crippen molar-refractivity contribution in [1.29, 1.82) is 0 Å². The number of benzene rings is 1. The quantitative estimate of drug-likeness (QED) is 0.878. The van der Waals surface area contributed by atoms with Crippen molar-refractivity contribution in [3.05, 3.63) is 24.3 Å². The third kappa shape index (κ3) is 3.31. The van der Waals surface area contributed by atoms with Gasteiger partial charge in [-0.3, -0.25) is 0 Å². The lowest BCUT2D eigenvalue weighted by atomic mass is 10.1. The Morgan fingerprint density at radius 3 is 2.55 bits per heavy atom. The highest BCUT2D eigenvalue weighted by atomic mass is 32.2. The molecule has 1 aromatic rings. The normalized spacial score (nSPS) is 20.7. The number of nitrogens with one attached hydrogen (secondary N) is 1. The summed E-state index contributed by atoms with van der Waals surface area (Å²) in [5, 5.41) is 0. The van der Waals surface area contributed by atoms with Crippen LogP contribution in [-0.2, 0) is 10.0 Å². The van der Waals surface area contributed by atoms with Crippen molar-refractivity contribution in [2.75, 3.05) is 25.0 Å². The van der Waals surface area contributed by atoms with Crippen LogP contribution in [0.25, 0.3) is 0 Å². The van der Waals surface area contributed by atoms with Gasteiger partial charge in [-0.15, -0.1) is 0 Å². The minimum atomic E-state index is -3.37. The van der Waals surface area contributed by atoms with Crippen LogP contribution in [0.15, 0.2) is 29.2 Å². The van der Waals surface area contributed by atoms with Gasteiger partial charge in [-0.1, -0.05) is 12.8 Å². The molecule has 112 valence electrons. The van der Waals surface area contributed by atoms with E-state index in [0.717, 1.165) is 25.1 Å². The van der Waals surface area contributed by atoms with E-state index in [-0.39, 0.29) is 0 Å². The maximum Gasteiger partial charge on any atom is 0.240 e. The van der Waals surface area contributed by atoms with Gasteiger partial charge in [0, 0.05) is 24.8 Å². The number of hydrogen-bond acceptors (Lipinski definition) is 4. The molecule has 2 rings (SSSR count). The van der Waals surface area contributed by atoms with Crippen molar-refractivity contribution >= 4 is 15.7 Å². The Bertz CT molecular complexity index is 528. The summed E-state index contributed by atoms with van der Waals surface area (Å²) < 4.78 is 25.8. The Labute approximate surface area is 121 Å². The first-order chi connectivity index (χ1) is 9.58. The first-order valence-electron chi connectivity index (χ1n) is 7.09. The summed E-state index contributed by atoms with van der Waals surface area (Å²) in [6.45, 7) is 1.62. The van der Waals surface area contributed by atoms with Crippen molar-refractivity contribution in [2.45, 2.75) is 36.6 Å². The summed E-state index contributed by atoms with van der Waals surface area (Å²) in [7, 11) is -1.95. The molecule has 1 aliphatic rings. The molecule has 6 heteroatoms. The fourth-order valence-electron chi connectivity index (χ4n) is 2.70. The molecule has 0 amide bonds. The summed E-state index contributed by atoms with van der Waals surface area (Å²) in [6, 6.07) is 7.40. The Balaban J connectivity index is 2.24. The molecule has 1 unspecified atom stereocenters. The smallest absolute Gasteiger partial charge is 0.240 e. The average molecular weight is 297 g/mol. The van der Waals surface area contributed by atoms with Crippen molar-refractivity contribution < 1.29 is 8.42 Å². The largest absolute Gasteiger partial charge is 0.367 e. The van der Waals surface area contributed by atoms with Gasteiger partial charge in [0.05, 0.1) is 4.90 Å². The van der Waals surface area contributed by atoms with Crippen LogP contribution < -0.4 is 15.4 Å². The van der Waals surface area contributed by atoms with E-state index >= 15 is 0 Å². The van der Waals surface area contributed by atoms with Crippen LogP contribution in [0.3, 0.4) is 0 Å². The zero-order valence-corrected chi connectivity index (χ0v) is 12.7. The van der Waals surface area contributed by atoms with Crippen LogP contribution in [0.5, 0.6) is 0 Å². The van der Waals surface area contributed by atoms with E-state index in [2.05, 4.69) is 9.62 Å². The number of nitrogens with zero attached hydrogens (tertiary/aromatic N) is 1. The molecule has 0 aliphatic carbocycles. The van der Waals surface area contributed by atoms with Gasteiger partial charge in [-0.25, -0.2) is 13.1 Å². The SMILES string of the molecule is CNS(=O)(=O)c1ccc(N2CCCCCC2CN)cc1. The summed E-state index contributed by atoms with van der Waals surface area (Å²) in [5.41, 5.74) is 6.93. The van der Waals surface area contributed by atoms with Gasteiger partial charge in [0.15, 0.2) is 0 Å². The molecule has 1 saturated heterocycles. The van der Waals surface area contributed by atoms with Crippen LogP contribution in [-0.4, -0.2) is 34.6 Å². The summed E-state index contributed by atoms with van der Waals surface area (Å²) in [6.07, 6.45) is 4.71. The fraction of sp³-hybridized carbons (Fsp3) is 0.571. The van der Waals surface area contributed by atoms with Gasteiger partial charge in [-0.2, -0.15) is 0 Å². The highest BCUT2D eigenvalue weighted by Crippen LogP contribution is 2.25. The predicted octanol–water partition coefficient (Wildman–Crippen LogP) is 1.30. The van der Waals surface area contributed by atoms with Crippen molar-refractivity contribution in [3.63, 3.8) is 0 Å². The molecule has 0 spiro atoms. The monoisotopic (exact) mass is 297 g/mol. The standard InChI is InChI=1S/C14H23N3O2S/c1-16-20(18,19)14-8-6-12(7-9-14)17-10-4-2-3-5-13(17)11-15/h6-9,13,16H,2-5,10-11,15H2,1H3. The van der Waals surface area contributed by atoms with Crippen LogP contribution in [0.1, 0.15) is 25.7 Å². The van der Waals surface area contributed by atoms with Gasteiger partial charge in [0.2, 0.25) is 10.0 Å². The molecular weight excluding hydrogens is 274 g/mol. The lowest BCUT2D eigenvalue weighted by Gasteiger charge is -2.31. The molecule has 3 N–H and O–H groups in total. The Morgan fingerprint density at radius 1 is 1.25 bits per heavy atom. The van der Waals surface area contributed by atoms with Gasteiger partial charge >= 0.3 is 0 Å². The van der Waals surface area contributed by atoms with E-state index in [1.54, 1.807) is 12.1 Å². The molecule has 0 bridgehead atoms. The maximum atomic E-state index is 11.7. The Hall–Kier alpha value is -1.11. The molecule has 5 nitrogen and oxygen atoms in total. The number of nitrogens with two attached hydrogens (primary N) is 1. The lowest BCUT2D eigenvalue weighted by Crippen LogP contribution is -2.40. The van der Waals surface area contributed by atoms with E-state index in [1.807, 2.05) is 12.1 Å². The van der Waals surface area contributed by atoms with E-state index < -0.39 is 10.0 Å². The average Bonchev–Trinajstić information content (AvgIpc) is 2.72. The van der Waals surface area contributed by atoms with E-state index in [1.165, 1.54) is 19.9 Å². The van der Waals surface area contributed by atoms with Crippen molar-refractivity contribution in [2.24, 2.45) is 5.73 Å². The van der Waals surface area contributed by atoms with E-state index in [0.29, 0.717) is 17.5 Å². The minimum Gasteiger partial charge on any atom is -0.367 e. The topological polar surface area (TPSA) is 75.4 Å². The molecule has 1 fully saturated rings. The number of rotatable bonds is 4. The summed E-state index contributed by atoms with van der Waals surface area (Å²) in [4.78, 5) is 2.60. The van der Waals surface area contributed by atoms with Gasteiger partial charge in [-0.05, 0) is 44.2 Å². The molecule has 0 saturated carbocycles. The maximum absolute atomic E-state index is 11.7. The molecule has 1 aromatic carbocycles. The second kappa shape index (κ2) is 6.56. The molecule has 1 atom stereocenters. The molecule has 20 heavy (non-hydrogen) atoms. The van der Waals surface area contributed by atoms with Crippen LogP contribution >= 0.6 is 0 Å². The van der Waals surface area contributed by atoms with Gasteiger partial charge in [0.1, 0.15) is 0 Å². The summed E-state index contributed by atoms with van der Waals surface area (Å²) in [5.74, 6) is 0. The van der Waals surface area contributed by atoms with Gasteiger partial charge in [0.25, 0.3) is 0 Å². The van der Waals surface area contributed by atoms with E-state index in [9.17, 15) is 8.42 Å². The second-order valence-electron chi connectivity index (χ2n) is 5.13. The molecule has 1 aliphatic heterocycles.